The average molecular weight is 336 g/mol. The normalized spacial score (nSPS) is 31.4. The van der Waals surface area contributed by atoms with Crippen LogP contribution in [0, 0.1) is 17.7 Å². The van der Waals surface area contributed by atoms with Gasteiger partial charge in [-0.3, -0.25) is 0 Å². The highest BCUT2D eigenvalue weighted by Crippen LogP contribution is 2.64. The summed E-state index contributed by atoms with van der Waals surface area (Å²) in [4.78, 5) is 2.24. The predicted octanol–water partition coefficient (Wildman–Crippen LogP) is 4.29. The fourth-order valence-corrected chi connectivity index (χ4v) is 4.19. The molecular formula is C16H18ClF4N. The Morgan fingerprint density at radius 2 is 2.09 bits per heavy atom. The molecule has 6 heteroatoms. The van der Waals surface area contributed by atoms with Crippen molar-refractivity contribution < 1.29 is 17.6 Å². The highest BCUT2D eigenvalue weighted by Gasteiger charge is 2.67. The van der Waals surface area contributed by atoms with Crippen LogP contribution in [0.25, 0.3) is 0 Å². The second-order valence-corrected chi connectivity index (χ2v) is 6.78. The van der Waals surface area contributed by atoms with Gasteiger partial charge in [-0.2, -0.15) is 13.2 Å². The molecule has 2 fully saturated rings. The third-order valence-corrected chi connectivity index (χ3v) is 5.58. The van der Waals surface area contributed by atoms with Gasteiger partial charge in [-0.05, 0) is 42.5 Å². The fraction of sp³-hybridized carbons (Fsp3) is 0.625. The van der Waals surface area contributed by atoms with Gasteiger partial charge in [0.15, 0.2) is 0 Å². The molecule has 0 amide bonds. The first-order chi connectivity index (χ1) is 10.3. The summed E-state index contributed by atoms with van der Waals surface area (Å²) >= 11 is 5.70. The van der Waals surface area contributed by atoms with Crippen molar-refractivity contribution in [2.24, 2.45) is 11.8 Å². The highest BCUT2D eigenvalue weighted by atomic mass is 35.5. The molecule has 0 unspecified atom stereocenters. The minimum absolute atomic E-state index is 0.311. The number of likely N-dealkylation sites (tertiary alicyclic amines) is 1. The number of rotatable bonds is 4. The molecule has 0 spiro atoms. The maximum atomic E-state index is 14.3. The largest absolute Gasteiger partial charge is 0.416 e. The summed E-state index contributed by atoms with van der Waals surface area (Å²) in [7, 11) is 0. The maximum Gasteiger partial charge on any atom is 0.416 e. The van der Waals surface area contributed by atoms with Crippen molar-refractivity contribution in [1.29, 1.82) is 0 Å². The minimum atomic E-state index is -4.51. The molecule has 0 radical (unpaired) electrons. The molecular weight excluding hydrogens is 318 g/mol. The zero-order chi connectivity index (χ0) is 16.1. The molecule has 0 N–H and O–H groups in total. The molecule has 22 heavy (non-hydrogen) atoms. The Balaban J connectivity index is 1.85. The zero-order valence-electron chi connectivity index (χ0n) is 12.3. The van der Waals surface area contributed by atoms with Gasteiger partial charge in [0.25, 0.3) is 0 Å². The van der Waals surface area contributed by atoms with Gasteiger partial charge in [-0.25, -0.2) is 4.39 Å². The van der Waals surface area contributed by atoms with Crippen LogP contribution < -0.4 is 0 Å². The van der Waals surface area contributed by atoms with Crippen molar-refractivity contribution in [1.82, 2.24) is 4.90 Å². The van der Waals surface area contributed by atoms with E-state index in [2.05, 4.69) is 11.8 Å². The van der Waals surface area contributed by atoms with Crippen LogP contribution in [-0.4, -0.2) is 30.4 Å². The number of benzene rings is 1. The number of piperidine rings is 1. The van der Waals surface area contributed by atoms with Crippen molar-refractivity contribution in [2.75, 3.05) is 25.5 Å². The van der Waals surface area contributed by atoms with Crippen LogP contribution in [0.4, 0.5) is 17.6 Å². The van der Waals surface area contributed by atoms with Crippen LogP contribution in [0.5, 0.6) is 0 Å². The minimum Gasteiger partial charge on any atom is -0.302 e. The molecule has 1 aliphatic heterocycles. The second-order valence-electron chi connectivity index (χ2n) is 6.41. The Hall–Kier alpha value is -0.810. The summed E-state index contributed by atoms with van der Waals surface area (Å²) in [5, 5.41) is 0. The molecule has 2 aliphatic rings. The number of halogens is 5. The molecule has 1 saturated heterocycles. The Bertz CT molecular complexity index is 574. The molecule has 1 saturated carbocycles. The van der Waals surface area contributed by atoms with Crippen molar-refractivity contribution in [3.8, 4) is 0 Å². The fourth-order valence-electron chi connectivity index (χ4n) is 4.07. The first-order valence-corrected chi connectivity index (χ1v) is 7.99. The van der Waals surface area contributed by atoms with E-state index in [-0.39, 0.29) is 5.41 Å². The molecule has 122 valence electrons. The summed E-state index contributed by atoms with van der Waals surface area (Å²) in [6, 6.07) is 2.96. The van der Waals surface area contributed by atoms with Crippen molar-refractivity contribution in [3.05, 3.63) is 35.1 Å². The number of fused-ring (bicyclic) bond motifs is 1. The Kier molecular flexibility index (Phi) is 3.92. The summed E-state index contributed by atoms with van der Waals surface area (Å²) < 4.78 is 52.3. The van der Waals surface area contributed by atoms with Crippen molar-refractivity contribution >= 4 is 11.6 Å². The number of hydrogen-bond donors (Lipinski definition) is 0. The van der Waals surface area contributed by atoms with E-state index in [1.807, 2.05) is 0 Å². The van der Waals surface area contributed by atoms with Crippen LogP contribution in [-0.2, 0) is 11.6 Å². The topological polar surface area (TPSA) is 3.24 Å². The predicted molar refractivity (Wildman–Crippen MR) is 77.5 cm³/mol. The second kappa shape index (κ2) is 5.38. The van der Waals surface area contributed by atoms with Crippen molar-refractivity contribution in [3.63, 3.8) is 0 Å². The molecule has 1 aromatic carbocycles. The van der Waals surface area contributed by atoms with Gasteiger partial charge in [0.1, 0.15) is 5.82 Å². The SMILES string of the molecule is C[C@H]1[C@H]2CN(CCCCl)C[C@]21c1ccc(C(F)(F)F)cc1F. The van der Waals surface area contributed by atoms with Crippen LogP contribution >= 0.6 is 11.6 Å². The molecule has 3 rings (SSSR count). The van der Waals surface area contributed by atoms with E-state index in [0.29, 0.717) is 35.9 Å². The molecule has 1 heterocycles. The van der Waals surface area contributed by atoms with E-state index in [1.165, 1.54) is 6.07 Å². The third-order valence-electron chi connectivity index (χ3n) is 5.31. The average Bonchev–Trinajstić information content (AvgIpc) is 2.83. The van der Waals surface area contributed by atoms with Crippen LogP contribution in [0.3, 0.4) is 0 Å². The van der Waals surface area contributed by atoms with Crippen LogP contribution in [0.2, 0.25) is 0 Å². The molecule has 0 bridgehead atoms. The van der Waals surface area contributed by atoms with E-state index in [1.54, 1.807) is 0 Å². The molecule has 1 nitrogen and oxygen atoms in total. The first kappa shape index (κ1) is 16.1. The molecule has 1 aliphatic carbocycles. The zero-order valence-corrected chi connectivity index (χ0v) is 13.0. The Labute approximate surface area is 132 Å². The van der Waals surface area contributed by atoms with E-state index < -0.39 is 17.6 Å². The maximum absolute atomic E-state index is 14.3. The summed E-state index contributed by atoms with van der Waals surface area (Å²) in [5.41, 5.74) is -0.807. The van der Waals surface area contributed by atoms with Gasteiger partial charge in [-0.15, -0.1) is 11.6 Å². The standard InChI is InChI=1S/C16H18ClF4N/c1-10-13-8-22(6-2-5-17)9-15(10,13)12-4-3-11(7-14(12)18)16(19,20)21/h3-4,7,10,13H,2,5-6,8-9H2,1H3/t10-,13+,15-/m0/s1. The Morgan fingerprint density at radius 1 is 1.36 bits per heavy atom. The van der Waals surface area contributed by atoms with E-state index in [4.69, 9.17) is 11.6 Å². The Morgan fingerprint density at radius 3 is 2.68 bits per heavy atom. The number of alkyl halides is 4. The lowest BCUT2D eigenvalue weighted by Gasteiger charge is -2.23. The van der Waals surface area contributed by atoms with Crippen molar-refractivity contribution in [2.45, 2.75) is 24.9 Å². The van der Waals surface area contributed by atoms with Gasteiger partial charge in [0.05, 0.1) is 5.56 Å². The van der Waals surface area contributed by atoms with Gasteiger partial charge >= 0.3 is 6.18 Å². The number of nitrogens with zero attached hydrogens (tertiary/aromatic N) is 1. The van der Waals surface area contributed by atoms with Crippen LogP contribution in [0.1, 0.15) is 24.5 Å². The van der Waals surface area contributed by atoms with Gasteiger partial charge in [-0.1, -0.05) is 13.0 Å². The lowest BCUT2D eigenvalue weighted by Crippen LogP contribution is -2.30. The molecule has 1 aromatic rings. The van der Waals surface area contributed by atoms with E-state index >= 15 is 0 Å². The lowest BCUT2D eigenvalue weighted by atomic mass is 9.91. The van der Waals surface area contributed by atoms with Gasteiger partial charge in [0.2, 0.25) is 0 Å². The monoisotopic (exact) mass is 335 g/mol. The lowest BCUT2D eigenvalue weighted by molar-refractivity contribution is -0.137. The smallest absolute Gasteiger partial charge is 0.302 e. The quantitative estimate of drug-likeness (QED) is 0.586. The summed E-state index contributed by atoms with van der Waals surface area (Å²) in [5.74, 6) is 0.488. The van der Waals surface area contributed by atoms with E-state index in [9.17, 15) is 17.6 Å². The third kappa shape index (κ3) is 2.42. The van der Waals surface area contributed by atoms with Crippen LogP contribution in [0.15, 0.2) is 18.2 Å². The van der Waals surface area contributed by atoms with Gasteiger partial charge < -0.3 is 4.90 Å². The summed E-state index contributed by atoms with van der Waals surface area (Å²) in [6.07, 6.45) is -3.64. The molecule has 0 aromatic heterocycles. The van der Waals surface area contributed by atoms with Gasteiger partial charge in [0, 0.05) is 24.4 Å². The number of hydrogen-bond acceptors (Lipinski definition) is 1. The highest BCUT2D eigenvalue weighted by molar-refractivity contribution is 6.17. The van der Waals surface area contributed by atoms with E-state index in [0.717, 1.165) is 25.6 Å². The molecule has 3 atom stereocenters. The summed E-state index contributed by atoms with van der Waals surface area (Å²) in [6.45, 7) is 4.49. The first-order valence-electron chi connectivity index (χ1n) is 7.46.